The third-order valence-electron chi connectivity index (χ3n) is 1.84. The summed E-state index contributed by atoms with van der Waals surface area (Å²) in [7, 11) is 0. The van der Waals surface area contributed by atoms with Gasteiger partial charge in [-0.3, -0.25) is 4.79 Å². The summed E-state index contributed by atoms with van der Waals surface area (Å²) in [5.41, 5.74) is 0. The Kier molecular flexibility index (Phi) is 4.32. The van der Waals surface area contributed by atoms with Crippen LogP contribution < -0.4 is 10.1 Å². The van der Waals surface area contributed by atoms with Crippen molar-refractivity contribution in [2.45, 2.75) is 13.0 Å². The van der Waals surface area contributed by atoms with Crippen molar-refractivity contribution in [3.63, 3.8) is 0 Å². The summed E-state index contributed by atoms with van der Waals surface area (Å²) in [5, 5.41) is 11.1. The van der Waals surface area contributed by atoms with Gasteiger partial charge in [0.25, 0.3) is 0 Å². The Morgan fingerprint density at radius 2 is 2.00 bits per heavy atom. The minimum Gasteiger partial charge on any atom is -0.491 e. The third kappa shape index (κ3) is 4.00. The van der Waals surface area contributed by atoms with Crippen molar-refractivity contribution in [1.29, 1.82) is 0 Å². The zero-order valence-corrected chi connectivity index (χ0v) is 8.84. The van der Waals surface area contributed by atoms with Gasteiger partial charge in [-0.05, 0) is 12.1 Å². The minimum atomic E-state index is -1.12. The highest BCUT2D eigenvalue weighted by atomic mass is 16.5. The molecule has 1 rings (SSSR count). The number of carbonyl (C=O) groups is 2. The number of carboxylic acid groups (broad SMARTS) is 1. The van der Waals surface area contributed by atoms with Crippen molar-refractivity contribution in [1.82, 2.24) is 5.32 Å². The van der Waals surface area contributed by atoms with Crippen LogP contribution in [-0.2, 0) is 9.59 Å². The van der Waals surface area contributed by atoms with Gasteiger partial charge < -0.3 is 15.2 Å². The largest absolute Gasteiger partial charge is 0.491 e. The highest BCUT2D eigenvalue weighted by molar-refractivity contribution is 5.82. The van der Waals surface area contributed by atoms with E-state index in [9.17, 15) is 9.59 Å². The monoisotopic (exact) mass is 223 g/mol. The van der Waals surface area contributed by atoms with Crippen LogP contribution >= 0.6 is 0 Å². The van der Waals surface area contributed by atoms with Gasteiger partial charge in [-0.25, -0.2) is 4.79 Å². The average Bonchev–Trinajstić information content (AvgIpc) is 2.25. The lowest BCUT2D eigenvalue weighted by atomic mass is 10.3. The first kappa shape index (κ1) is 12.0. The molecule has 16 heavy (non-hydrogen) atoms. The second kappa shape index (κ2) is 5.75. The fraction of sp³-hybridized carbons (Fsp3) is 0.273. The standard InChI is InChI=1S/C11H13NO4/c1-8(13)12-10(11(14)15)7-16-9-5-3-2-4-6-9/h2-6,10H,7H2,1H3,(H,12,13)(H,14,15). The molecule has 1 atom stereocenters. The van der Waals surface area contributed by atoms with Gasteiger partial charge >= 0.3 is 5.97 Å². The molecule has 0 fully saturated rings. The number of para-hydroxylation sites is 1. The Morgan fingerprint density at radius 3 is 2.50 bits per heavy atom. The Bertz CT molecular complexity index is 364. The van der Waals surface area contributed by atoms with E-state index >= 15 is 0 Å². The highest BCUT2D eigenvalue weighted by Crippen LogP contribution is 2.08. The summed E-state index contributed by atoms with van der Waals surface area (Å²) >= 11 is 0. The minimum absolute atomic E-state index is 0.0983. The molecular formula is C11H13NO4. The topological polar surface area (TPSA) is 75.6 Å². The fourth-order valence-electron chi connectivity index (χ4n) is 1.12. The van der Waals surface area contributed by atoms with Gasteiger partial charge in [-0.1, -0.05) is 18.2 Å². The van der Waals surface area contributed by atoms with E-state index in [1.807, 2.05) is 6.07 Å². The number of hydrogen-bond donors (Lipinski definition) is 2. The zero-order valence-electron chi connectivity index (χ0n) is 8.84. The second-order valence-electron chi connectivity index (χ2n) is 3.22. The van der Waals surface area contributed by atoms with Gasteiger partial charge in [0.1, 0.15) is 12.4 Å². The zero-order chi connectivity index (χ0) is 12.0. The van der Waals surface area contributed by atoms with Crippen LogP contribution in [0.25, 0.3) is 0 Å². The smallest absolute Gasteiger partial charge is 0.329 e. The van der Waals surface area contributed by atoms with Gasteiger partial charge in [0.2, 0.25) is 5.91 Å². The van der Waals surface area contributed by atoms with Gasteiger partial charge in [0, 0.05) is 6.92 Å². The van der Waals surface area contributed by atoms with Gasteiger partial charge in [0.05, 0.1) is 0 Å². The molecule has 5 nitrogen and oxygen atoms in total. The molecule has 5 heteroatoms. The number of rotatable bonds is 5. The molecule has 0 spiro atoms. The Balaban J connectivity index is 2.50. The molecule has 86 valence electrons. The molecule has 2 N–H and O–H groups in total. The third-order valence-corrected chi connectivity index (χ3v) is 1.84. The second-order valence-corrected chi connectivity index (χ2v) is 3.22. The molecular weight excluding hydrogens is 210 g/mol. The van der Waals surface area contributed by atoms with Crippen LogP contribution in [0.4, 0.5) is 0 Å². The molecule has 0 saturated carbocycles. The van der Waals surface area contributed by atoms with E-state index in [4.69, 9.17) is 9.84 Å². The van der Waals surface area contributed by atoms with Gasteiger partial charge in [-0.15, -0.1) is 0 Å². The van der Waals surface area contributed by atoms with E-state index in [0.717, 1.165) is 0 Å². The van der Waals surface area contributed by atoms with Crippen molar-refractivity contribution >= 4 is 11.9 Å². The van der Waals surface area contributed by atoms with Crippen molar-refractivity contribution in [3.05, 3.63) is 30.3 Å². The van der Waals surface area contributed by atoms with Crippen LogP contribution in [0.3, 0.4) is 0 Å². The van der Waals surface area contributed by atoms with E-state index in [1.165, 1.54) is 6.92 Å². The first-order valence-corrected chi connectivity index (χ1v) is 4.77. The van der Waals surface area contributed by atoms with Crippen molar-refractivity contribution < 1.29 is 19.4 Å². The summed E-state index contributed by atoms with van der Waals surface area (Å²) in [4.78, 5) is 21.5. The first-order valence-electron chi connectivity index (χ1n) is 4.77. The molecule has 1 amide bonds. The first-order chi connectivity index (χ1) is 7.59. The number of hydrogen-bond acceptors (Lipinski definition) is 3. The van der Waals surface area contributed by atoms with Gasteiger partial charge in [0.15, 0.2) is 6.04 Å². The van der Waals surface area contributed by atoms with Crippen molar-refractivity contribution in [2.75, 3.05) is 6.61 Å². The Morgan fingerprint density at radius 1 is 1.38 bits per heavy atom. The number of carboxylic acids is 1. The number of nitrogens with one attached hydrogen (secondary N) is 1. The summed E-state index contributed by atoms with van der Waals surface area (Å²) in [6.07, 6.45) is 0. The molecule has 0 aliphatic carbocycles. The van der Waals surface area contributed by atoms with E-state index in [-0.39, 0.29) is 6.61 Å². The van der Waals surface area contributed by atoms with Crippen molar-refractivity contribution in [2.24, 2.45) is 0 Å². The highest BCUT2D eigenvalue weighted by Gasteiger charge is 2.18. The number of ether oxygens (including phenoxy) is 1. The van der Waals surface area contributed by atoms with E-state index in [1.54, 1.807) is 24.3 Å². The lowest BCUT2D eigenvalue weighted by molar-refractivity contribution is -0.142. The van der Waals surface area contributed by atoms with Crippen LogP contribution in [0.15, 0.2) is 30.3 Å². The maximum atomic E-state index is 10.8. The molecule has 0 saturated heterocycles. The maximum absolute atomic E-state index is 10.8. The SMILES string of the molecule is CC(=O)NC(COc1ccccc1)C(=O)O. The number of benzene rings is 1. The predicted molar refractivity (Wildman–Crippen MR) is 57.2 cm³/mol. The van der Waals surface area contributed by atoms with E-state index < -0.39 is 17.9 Å². The van der Waals surface area contributed by atoms with Crippen LogP contribution in [0.2, 0.25) is 0 Å². The average molecular weight is 223 g/mol. The number of amides is 1. The van der Waals surface area contributed by atoms with Crippen LogP contribution in [0, 0.1) is 0 Å². The fourth-order valence-corrected chi connectivity index (χ4v) is 1.12. The summed E-state index contributed by atoms with van der Waals surface area (Å²) in [5.74, 6) is -0.950. The van der Waals surface area contributed by atoms with Crippen molar-refractivity contribution in [3.8, 4) is 5.75 Å². The summed E-state index contributed by atoms with van der Waals surface area (Å²) in [6, 6.07) is 7.79. The van der Waals surface area contributed by atoms with Crippen LogP contribution in [0.1, 0.15) is 6.92 Å². The molecule has 0 aromatic heterocycles. The molecule has 1 aromatic carbocycles. The van der Waals surface area contributed by atoms with Crippen LogP contribution in [-0.4, -0.2) is 29.6 Å². The molecule has 0 radical (unpaired) electrons. The quantitative estimate of drug-likeness (QED) is 0.768. The molecule has 0 aliphatic heterocycles. The normalized spacial score (nSPS) is 11.6. The van der Waals surface area contributed by atoms with Gasteiger partial charge in [-0.2, -0.15) is 0 Å². The molecule has 1 aromatic rings. The molecule has 0 heterocycles. The maximum Gasteiger partial charge on any atom is 0.329 e. The van der Waals surface area contributed by atoms with E-state index in [2.05, 4.69) is 5.32 Å². The molecule has 1 unspecified atom stereocenters. The Hall–Kier alpha value is -2.04. The lowest BCUT2D eigenvalue weighted by Gasteiger charge is -2.14. The summed E-state index contributed by atoms with van der Waals surface area (Å²) < 4.78 is 5.23. The summed E-state index contributed by atoms with van der Waals surface area (Å²) in [6.45, 7) is 1.16. The predicted octanol–water partition coefficient (Wildman–Crippen LogP) is 0.655. The van der Waals surface area contributed by atoms with E-state index in [0.29, 0.717) is 5.75 Å². The lowest BCUT2D eigenvalue weighted by Crippen LogP contribution is -2.43. The molecule has 0 bridgehead atoms. The Labute approximate surface area is 93.0 Å². The molecule has 0 aliphatic rings. The van der Waals surface area contributed by atoms with Crippen LogP contribution in [0.5, 0.6) is 5.75 Å². The number of aliphatic carboxylic acids is 1. The number of carbonyl (C=O) groups excluding carboxylic acids is 1.